The molecule has 1 saturated carbocycles. The van der Waals surface area contributed by atoms with Gasteiger partial charge in [0.1, 0.15) is 17.7 Å². The summed E-state index contributed by atoms with van der Waals surface area (Å²) in [7, 11) is 0. The largest absolute Gasteiger partial charge is 0.472 e. The second-order valence-electron chi connectivity index (χ2n) is 5.33. The first-order valence-electron chi connectivity index (χ1n) is 6.92. The van der Waals surface area contributed by atoms with Gasteiger partial charge in [-0.1, -0.05) is 12.8 Å². The maximum absolute atomic E-state index is 9.24. The van der Waals surface area contributed by atoms with Crippen LogP contribution in [0.2, 0.25) is 0 Å². The molecule has 1 aliphatic carbocycles. The molecule has 2 atom stereocenters. The highest BCUT2D eigenvalue weighted by Gasteiger charge is 2.24. The number of aromatic nitrogens is 1. The summed E-state index contributed by atoms with van der Waals surface area (Å²) < 4.78 is 5.97. The summed E-state index contributed by atoms with van der Waals surface area (Å²) in [5.41, 5.74) is 8.47. The lowest BCUT2D eigenvalue weighted by molar-refractivity contribution is 0.155. The Bertz CT molecular complexity index is 493. The van der Waals surface area contributed by atoms with Crippen LogP contribution in [-0.4, -0.2) is 17.1 Å². The minimum atomic E-state index is -0.0247. The molecule has 102 valence electrons. The van der Waals surface area contributed by atoms with E-state index in [1.165, 1.54) is 6.42 Å². The molecule has 0 aliphatic heterocycles. The Kier molecular flexibility index (Phi) is 4.39. The van der Waals surface area contributed by atoms with Gasteiger partial charge in [0.2, 0.25) is 5.88 Å². The van der Waals surface area contributed by atoms with Crippen LogP contribution in [0.4, 0.5) is 0 Å². The second-order valence-corrected chi connectivity index (χ2v) is 5.33. The van der Waals surface area contributed by atoms with E-state index in [0.29, 0.717) is 11.4 Å². The zero-order chi connectivity index (χ0) is 13.8. The first-order chi connectivity index (χ1) is 9.11. The summed E-state index contributed by atoms with van der Waals surface area (Å²) in [5, 5.41) is 9.24. The van der Waals surface area contributed by atoms with Gasteiger partial charge < -0.3 is 10.5 Å². The molecule has 0 aromatic carbocycles. The van der Waals surface area contributed by atoms with E-state index in [-0.39, 0.29) is 12.1 Å². The zero-order valence-electron chi connectivity index (χ0n) is 11.6. The topological polar surface area (TPSA) is 71.9 Å². The van der Waals surface area contributed by atoms with Crippen molar-refractivity contribution in [2.24, 2.45) is 5.73 Å². The Morgan fingerprint density at radius 3 is 2.79 bits per heavy atom. The third-order valence-corrected chi connectivity index (χ3v) is 3.69. The normalized spacial score (nSPS) is 23.5. The molecule has 0 spiro atoms. The van der Waals surface area contributed by atoms with E-state index in [4.69, 9.17) is 10.5 Å². The Hall–Kier alpha value is -1.60. The number of nitrogens with two attached hydrogens (primary N) is 1. The van der Waals surface area contributed by atoms with Crippen LogP contribution in [0.5, 0.6) is 5.88 Å². The average molecular weight is 259 g/mol. The number of hydrogen-bond donors (Lipinski definition) is 1. The summed E-state index contributed by atoms with van der Waals surface area (Å²) in [5.74, 6) is 0.447. The molecule has 1 aromatic rings. The lowest BCUT2D eigenvalue weighted by Crippen LogP contribution is -2.38. The number of nitrogens with zero attached hydrogens (tertiary/aromatic N) is 2. The summed E-state index contributed by atoms with van der Waals surface area (Å²) in [6.45, 7) is 3.82. The molecule has 2 N–H and O–H groups in total. The summed E-state index contributed by atoms with van der Waals surface area (Å²) >= 11 is 0. The molecule has 1 aromatic heterocycles. The van der Waals surface area contributed by atoms with Gasteiger partial charge in [0, 0.05) is 11.7 Å². The van der Waals surface area contributed by atoms with Gasteiger partial charge in [-0.2, -0.15) is 5.26 Å². The maximum Gasteiger partial charge on any atom is 0.232 e. The summed E-state index contributed by atoms with van der Waals surface area (Å²) in [6.07, 6.45) is 5.40. The minimum absolute atomic E-state index is 0.0247. The first-order valence-corrected chi connectivity index (χ1v) is 6.92. The average Bonchev–Trinajstić information content (AvgIpc) is 2.54. The minimum Gasteiger partial charge on any atom is -0.472 e. The van der Waals surface area contributed by atoms with E-state index >= 15 is 0 Å². The van der Waals surface area contributed by atoms with Gasteiger partial charge in [0.25, 0.3) is 0 Å². The molecule has 1 fully saturated rings. The zero-order valence-corrected chi connectivity index (χ0v) is 11.6. The van der Waals surface area contributed by atoms with Crippen molar-refractivity contribution in [2.45, 2.75) is 58.1 Å². The van der Waals surface area contributed by atoms with Gasteiger partial charge in [0.05, 0.1) is 0 Å². The third-order valence-electron chi connectivity index (χ3n) is 3.69. The lowest BCUT2D eigenvalue weighted by atomic mass is 10.1. The molecule has 0 radical (unpaired) electrons. The summed E-state index contributed by atoms with van der Waals surface area (Å²) in [4.78, 5) is 4.36. The molecule has 2 unspecified atom stereocenters. The van der Waals surface area contributed by atoms with E-state index < -0.39 is 0 Å². The molecule has 0 amide bonds. The molecule has 1 aliphatic rings. The van der Waals surface area contributed by atoms with Crippen molar-refractivity contribution in [3.8, 4) is 11.9 Å². The van der Waals surface area contributed by atoms with Crippen molar-refractivity contribution in [2.75, 3.05) is 0 Å². The number of aryl methyl sites for hydroxylation is 2. The molecule has 0 saturated heterocycles. The molecule has 1 heterocycles. The fraction of sp³-hybridized carbons (Fsp3) is 0.600. The fourth-order valence-corrected chi connectivity index (χ4v) is 2.62. The van der Waals surface area contributed by atoms with E-state index in [1.807, 2.05) is 19.9 Å². The van der Waals surface area contributed by atoms with Gasteiger partial charge in [0.15, 0.2) is 0 Å². The van der Waals surface area contributed by atoms with Crippen LogP contribution in [0.1, 0.15) is 48.9 Å². The highest BCUT2D eigenvalue weighted by Crippen LogP contribution is 2.25. The van der Waals surface area contributed by atoms with E-state index in [9.17, 15) is 5.26 Å². The maximum atomic E-state index is 9.24. The van der Waals surface area contributed by atoms with Crippen LogP contribution >= 0.6 is 0 Å². The van der Waals surface area contributed by atoms with Gasteiger partial charge in [-0.15, -0.1) is 0 Å². The third kappa shape index (κ3) is 3.24. The van der Waals surface area contributed by atoms with Crippen molar-refractivity contribution in [1.29, 1.82) is 5.26 Å². The predicted molar refractivity (Wildman–Crippen MR) is 73.9 cm³/mol. The Balaban J connectivity index is 2.24. The van der Waals surface area contributed by atoms with Gasteiger partial charge in [-0.3, -0.25) is 0 Å². The predicted octanol–water partition coefficient (Wildman–Crippen LogP) is 2.61. The number of pyridine rings is 1. The Labute approximate surface area is 114 Å². The molecule has 0 bridgehead atoms. The van der Waals surface area contributed by atoms with Crippen LogP contribution in [0, 0.1) is 25.2 Å². The molecule has 2 rings (SSSR count). The van der Waals surface area contributed by atoms with Crippen LogP contribution in [0.3, 0.4) is 0 Å². The SMILES string of the molecule is Cc1cc(C)c(C#N)c(OC2CCCCCC2N)n1. The van der Waals surface area contributed by atoms with Crippen LogP contribution in [-0.2, 0) is 0 Å². The quantitative estimate of drug-likeness (QED) is 0.829. The monoisotopic (exact) mass is 259 g/mol. The number of ether oxygens (including phenoxy) is 1. The van der Waals surface area contributed by atoms with Crippen molar-refractivity contribution in [1.82, 2.24) is 4.98 Å². The van der Waals surface area contributed by atoms with Gasteiger partial charge >= 0.3 is 0 Å². The van der Waals surface area contributed by atoms with Crippen LogP contribution in [0.25, 0.3) is 0 Å². The van der Waals surface area contributed by atoms with Crippen molar-refractivity contribution in [3.05, 3.63) is 22.9 Å². The second kappa shape index (κ2) is 6.03. The fourth-order valence-electron chi connectivity index (χ4n) is 2.62. The van der Waals surface area contributed by atoms with Crippen molar-refractivity contribution in [3.63, 3.8) is 0 Å². The van der Waals surface area contributed by atoms with Crippen molar-refractivity contribution < 1.29 is 4.74 Å². The molecule has 4 heteroatoms. The van der Waals surface area contributed by atoms with Crippen LogP contribution in [0.15, 0.2) is 6.07 Å². The highest BCUT2D eigenvalue weighted by molar-refractivity contribution is 5.45. The Morgan fingerprint density at radius 1 is 1.32 bits per heavy atom. The molecule has 19 heavy (non-hydrogen) atoms. The lowest BCUT2D eigenvalue weighted by Gasteiger charge is -2.23. The molecule has 4 nitrogen and oxygen atoms in total. The Morgan fingerprint density at radius 2 is 2.05 bits per heavy atom. The summed E-state index contributed by atoms with van der Waals surface area (Å²) in [6, 6.07) is 4.12. The van der Waals surface area contributed by atoms with E-state index in [2.05, 4.69) is 11.1 Å². The number of hydrogen-bond acceptors (Lipinski definition) is 4. The van der Waals surface area contributed by atoms with Gasteiger partial charge in [-0.05, 0) is 44.7 Å². The smallest absolute Gasteiger partial charge is 0.232 e. The molecular weight excluding hydrogens is 238 g/mol. The van der Waals surface area contributed by atoms with Crippen LogP contribution < -0.4 is 10.5 Å². The standard InChI is InChI=1S/C15H21N3O/c1-10-8-11(2)18-15(12(10)9-16)19-14-7-5-3-4-6-13(14)17/h8,13-14H,3-7,17H2,1-2H3. The van der Waals surface area contributed by atoms with Gasteiger partial charge in [-0.25, -0.2) is 4.98 Å². The first kappa shape index (κ1) is 13.8. The van der Waals surface area contributed by atoms with Crippen molar-refractivity contribution >= 4 is 0 Å². The molecular formula is C15H21N3O. The highest BCUT2D eigenvalue weighted by atomic mass is 16.5. The van der Waals surface area contributed by atoms with E-state index in [1.54, 1.807) is 0 Å². The number of rotatable bonds is 2. The number of nitriles is 1. The van der Waals surface area contributed by atoms with E-state index in [0.717, 1.165) is 36.9 Å².